The number of ketones is 1. The van der Waals surface area contributed by atoms with Crippen molar-refractivity contribution >= 4 is 23.3 Å². The van der Waals surface area contributed by atoms with E-state index in [1.807, 2.05) is 0 Å². The SMILES string of the molecule is COc1ccc(C(O)=C2C(=O)C(=O)N(c3cc(C)on3)C2c2cc(OC)ccc2OC)cc1. The molecule has 1 fully saturated rings. The van der Waals surface area contributed by atoms with Gasteiger partial charge in [0.05, 0.1) is 26.9 Å². The van der Waals surface area contributed by atoms with Gasteiger partial charge in [0.15, 0.2) is 5.82 Å². The van der Waals surface area contributed by atoms with Gasteiger partial charge < -0.3 is 23.8 Å². The highest BCUT2D eigenvalue weighted by atomic mass is 16.5. The van der Waals surface area contributed by atoms with Crippen molar-refractivity contribution in [2.45, 2.75) is 13.0 Å². The standard InChI is InChI=1S/C24H22N2O7/c1-13-11-19(25-33-13)26-21(17-12-16(31-3)9-10-18(17)32-4)20(23(28)24(26)29)22(27)14-5-7-15(30-2)8-6-14/h5-12,21,27H,1-4H3. The predicted octanol–water partition coefficient (Wildman–Crippen LogP) is 3.64. The van der Waals surface area contributed by atoms with Crippen LogP contribution in [0.25, 0.3) is 5.76 Å². The molecule has 0 radical (unpaired) electrons. The number of Topliss-reactive ketones (excluding diaryl/α,β-unsaturated/α-hetero) is 1. The second-order valence-corrected chi connectivity index (χ2v) is 7.30. The Morgan fingerprint density at radius 3 is 2.21 bits per heavy atom. The molecule has 4 rings (SSSR count). The van der Waals surface area contributed by atoms with Gasteiger partial charge in [-0.3, -0.25) is 14.5 Å². The van der Waals surface area contributed by atoms with Gasteiger partial charge in [0, 0.05) is 17.2 Å². The lowest BCUT2D eigenvalue weighted by Gasteiger charge is -2.24. The fraction of sp³-hybridized carbons (Fsp3) is 0.208. The summed E-state index contributed by atoms with van der Waals surface area (Å²) in [5.74, 6) is -0.000794. The van der Waals surface area contributed by atoms with Crippen LogP contribution in [0.15, 0.2) is 58.6 Å². The van der Waals surface area contributed by atoms with E-state index in [1.54, 1.807) is 49.4 Å². The predicted molar refractivity (Wildman–Crippen MR) is 119 cm³/mol. The number of aryl methyl sites for hydroxylation is 1. The molecular formula is C24H22N2O7. The number of benzene rings is 2. The Bertz CT molecular complexity index is 1240. The molecule has 1 aliphatic rings. The number of carbonyl (C=O) groups excluding carboxylic acids is 2. The molecule has 1 atom stereocenters. The molecular weight excluding hydrogens is 428 g/mol. The largest absolute Gasteiger partial charge is 0.507 e. The van der Waals surface area contributed by atoms with E-state index < -0.39 is 17.7 Å². The van der Waals surface area contributed by atoms with Gasteiger partial charge in [-0.25, -0.2) is 0 Å². The molecule has 9 nitrogen and oxygen atoms in total. The summed E-state index contributed by atoms with van der Waals surface area (Å²) < 4.78 is 21.2. The first kappa shape index (κ1) is 21.9. The number of rotatable bonds is 6. The van der Waals surface area contributed by atoms with Crippen LogP contribution in [0.1, 0.15) is 22.9 Å². The maximum atomic E-state index is 13.2. The number of nitrogens with zero attached hydrogens (tertiary/aromatic N) is 2. The van der Waals surface area contributed by atoms with Crippen molar-refractivity contribution in [2.24, 2.45) is 0 Å². The van der Waals surface area contributed by atoms with Crippen LogP contribution in [0.5, 0.6) is 17.2 Å². The van der Waals surface area contributed by atoms with Crippen molar-refractivity contribution in [1.82, 2.24) is 5.16 Å². The first-order chi connectivity index (χ1) is 15.9. The highest BCUT2D eigenvalue weighted by molar-refractivity contribution is 6.51. The average Bonchev–Trinajstić information content (AvgIpc) is 3.38. The first-order valence-electron chi connectivity index (χ1n) is 10.00. The third-order valence-corrected chi connectivity index (χ3v) is 5.40. The number of aliphatic hydroxyl groups excluding tert-OH is 1. The first-order valence-corrected chi connectivity index (χ1v) is 10.00. The van der Waals surface area contributed by atoms with E-state index in [1.165, 1.54) is 32.3 Å². The average molecular weight is 450 g/mol. The van der Waals surface area contributed by atoms with Crippen molar-refractivity contribution in [3.8, 4) is 17.2 Å². The molecule has 1 amide bonds. The number of methoxy groups -OCH3 is 3. The Kier molecular flexibility index (Phi) is 5.78. The second-order valence-electron chi connectivity index (χ2n) is 7.30. The Morgan fingerprint density at radius 1 is 0.970 bits per heavy atom. The summed E-state index contributed by atoms with van der Waals surface area (Å²) in [7, 11) is 4.50. The molecule has 3 aromatic rings. The Morgan fingerprint density at radius 2 is 1.64 bits per heavy atom. The number of aromatic nitrogens is 1. The van der Waals surface area contributed by atoms with Crippen LogP contribution < -0.4 is 19.1 Å². The lowest BCUT2D eigenvalue weighted by Crippen LogP contribution is -2.30. The van der Waals surface area contributed by atoms with E-state index in [0.717, 1.165) is 0 Å². The van der Waals surface area contributed by atoms with E-state index in [4.69, 9.17) is 18.7 Å². The molecule has 1 unspecified atom stereocenters. The Hall–Kier alpha value is -4.27. The summed E-state index contributed by atoms with van der Waals surface area (Å²) in [5.41, 5.74) is 0.668. The maximum Gasteiger partial charge on any atom is 0.301 e. The Balaban J connectivity index is 1.98. The summed E-state index contributed by atoms with van der Waals surface area (Å²) in [6, 6.07) is 12.0. The fourth-order valence-electron chi connectivity index (χ4n) is 3.79. The van der Waals surface area contributed by atoms with Crippen molar-refractivity contribution in [3.63, 3.8) is 0 Å². The summed E-state index contributed by atoms with van der Waals surface area (Å²) in [6.07, 6.45) is 0. The van der Waals surface area contributed by atoms with Crippen LogP contribution in [-0.4, -0.2) is 43.3 Å². The molecule has 2 heterocycles. The molecule has 0 aliphatic carbocycles. The van der Waals surface area contributed by atoms with Crippen LogP contribution >= 0.6 is 0 Å². The van der Waals surface area contributed by atoms with Gasteiger partial charge in [-0.1, -0.05) is 5.16 Å². The molecule has 0 spiro atoms. The number of hydrogen-bond donors (Lipinski definition) is 1. The minimum absolute atomic E-state index is 0.114. The zero-order chi connectivity index (χ0) is 23.7. The third kappa shape index (κ3) is 3.78. The van der Waals surface area contributed by atoms with E-state index >= 15 is 0 Å². The summed E-state index contributed by atoms with van der Waals surface area (Å²) >= 11 is 0. The quantitative estimate of drug-likeness (QED) is 0.344. The molecule has 0 bridgehead atoms. The summed E-state index contributed by atoms with van der Waals surface area (Å²) in [4.78, 5) is 27.5. The smallest absolute Gasteiger partial charge is 0.301 e. The van der Waals surface area contributed by atoms with E-state index in [2.05, 4.69) is 5.16 Å². The van der Waals surface area contributed by atoms with Gasteiger partial charge in [0.2, 0.25) is 0 Å². The number of ether oxygens (including phenoxy) is 3. The molecule has 1 N–H and O–H groups in total. The van der Waals surface area contributed by atoms with Gasteiger partial charge in [-0.2, -0.15) is 0 Å². The maximum absolute atomic E-state index is 13.2. The van der Waals surface area contributed by atoms with E-state index in [9.17, 15) is 14.7 Å². The van der Waals surface area contributed by atoms with Gasteiger partial charge >= 0.3 is 5.91 Å². The van der Waals surface area contributed by atoms with Crippen molar-refractivity contribution in [3.05, 3.63) is 71.0 Å². The second kappa shape index (κ2) is 8.70. The highest BCUT2D eigenvalue weighted by Crippen LogP contribution is 2.45. The summed E-state index contributed by atoms with van der Waals surface area (Å²) in [6.45, 7) is 1.67. The topological polar surface area (TPSA) is 111 Å². The van der Waals surface area contributed by atoms with Crippen LogP contribution in [0.3, 0.4) is 0 Å². The van der Waals surface area contributed by atoms with Gasteiger partial charge in [0.25, 0.3) is 5.78 Å². The number of anilines is 1. The van der Waals surface area contributed by atoms with E-state index in [0.29, 0.717) is 34.1 Å². The molecule has 1 aromatic heterocycles. The minimum Gasteiger partial charge on any atom is -0.507 e. The zero-order valence-electron chi connectivity index (χ0n) is 18.5. The fourth-order valence-corrected chi connectivity index (χ4v) is 3.79. The monoisotopic (exact) mass is 450 g/mol. The van der Waals surface area contributed by atoms with Crippen molar-refractivity contribution < 1.29 is 33.4 Å². The number of amides is 1. The van der Waals surface area contributed by atoms with Crippen LogP contribution in [0, 0.1) is 6.92 Å². The number of aliphatic hydroxyl groups is 1. The van der Waals surface area contributed by atoms with Crippen LogP contribution in [0.2, 0.25) is 0 Å². The summed E-state index contributed by atoms with van der Waals surface area (Å²) in [5, 5.41) is 15.1. The van der Waals surface area contributed by atoms with Gasteiger partial charge in [-0.05, 0) is 49.4 Å². The molecule has 2 aromatic carbocycles. The lowest BCUT2D eigenvalue weighted by atomic mass is 9.94. The third-order valence-electron chi connectivity index (χ3n) is 5.40. The molecule has 1 saturated heterocycles. The van der Waals surface area contributed by atoms with Crippen LogP contribution in [-0.2, 0) is 9.59 Å². The lowest BCUT2D eigenvalue weighted by molar-refractivity contribution is -0.132. The number of hydrogen-bond acceptors (Lipinski definition) is 8. The molecule has 33 heavy (non-hydrogen) atoms. The van der Waals surface area contributed by atoms with Gasteiger partial charge in [0.1, 0.15) is 34.8 Å². The molecule has 9 heteroatoms. The normalized spacial score (nSPS) is 17.3. The van der Waals surface area contributed by atoms with Crippen molar-refractivity contribution in [2.75, 3.05) is 26.2 Å². The van der Waals surface area contributed by atoms with Crippen LogP contribution in [0.4, 0.5) is 5.82 Å². The Labute approximate surface area is 189 Å². The number of carbonyl (C=O) groups is 2. The van der Waals surface area contributed by atoms with E-state index in [-0.39, 0.29) is 17.2 Å². The molecule has 1 aliphatic heterocycles. The highest BCUT2D eigenvalue weighted by Gasteiger charge is 2.49. The molecule has 0 saturated carbocycles. The van der Waals surface area contributed by atoms with Crippen molar-refractivity contribution in [1.29, 1.82) is 0 Å². The minimum atomic E-state index is -1.04. The zero-order valence-corrected chi connectivity index (χ0v) is 18.5. The van der Waals surface area contributed by atoms with Gasteiger partial charge in [-0.15, -0.1) is 0 Å². The molecule has 170 valence electrons.